The molecule has 0 fully saturated rings. The number of hydrogen-bond donors (Lipinski definition) is 0. The van der Waals surface area contributed by atoms with E-state index in [0.717, 1.165) is 26.6 Å². The number of tetrazole rings is 1. The molecule has 0 unspecified atom stereocenters. The van der Waals surface area contributed by atoms with Gasteiger partial charge in [0.25, 0.3) is 5.19 Å². The first-order chi connectivity index (χ1) is 14.8. The van der Waals surface area contributed by atoms with Gasteiger partial charge in [-0.05, 0) is 35.0 Å². The molecule has 0 amide bonds. The number of aryl methyl sites for hydroxylation is 2. The van der Waals surface area contributed by atoms with Crippen molar-refractivity contribution in [1.29, 1.82) is 0 Å². The lowest BCUT2D eigenvalue weighted by Crippen LogP contribution is -2.24. The summed E-state index contributed by atoms with van der Waals surface area (Å²) in [6.07, 6.45) is -4.64. The molecule has 160 valence electrons. The number of hydrogen-bond acceptors (Lipinski definition) is 6. The second-order valence-electron chi connectivity index (χ2n) is 6.70. The lowest BCUT2D eigenvalue weighted by molar-refractivity contribution is -0.138. The first-order valence-corrected chi connectivity index (χ1v) is 9.96. The standard InChI is InChI=1S/C20H16F3N5O2S/c1-12-6-3-4-7-13(12)16-11-31-18(24-16)30-10-14-15(20(21,22)23)8-5-9-17(14)28-19(29)27(2)25-26-28/h3-9,11H,10H2,1-2H3. The van der Waals surface area contributed by atoms with E-state index in [1.165, 1.54) is 30.5 Å². The molecule has 0 bridgehead atoms. The van der Waals surface area contributed by atoms with Gasteiger partial charge in [-0.1, -0.05) is 41.7 Å². The largest absolute Gasteiger partial charge is 0.465 e. The zero-order valence-corrected chi connectivity index (χ0v) is 17.2. The minimum Gasteiger partial charge on any atom is -0.465 e. The fraction of sp³-hybridized carbons (Fsp3) is 0.200. The van der Waals surface area contributed by atoms with E-state index in [-0.39, 0.29) is 16.4 Å². The zero-order chi connectivity index (χ0) is 22.2. The molecule has 0 N–H and O–H groups in total. The van der Waals surface area contributed by atoms with Crippen molar-refractivity contribution in [3.05, 3.63) is 75.0 Å². The maximum absolute atomic E-state index is 13.6. The monoisotopic (exact) mass is 447 g/mol. The first kappa shape index (κ1) is 20.8. The van der Waals surface area contributed by atoms with Gasteiger partial charge in [-0.3, -0.25) is 0 Å². The zero-order valence-electron chi connectivity index (χ0n) is 16.4. The first-order valence-electron chi connectivity index (χ1n) is 9.08. The molecule has 2 aromatic heterocycles. The second kappa shape index (κ2) is 7.99. The van der Waals surface area contributed by atoms with Gasteiger partial charge < -0.3 is 4.74 Å². The van der Waals surface area contributed by atoms with Gasteiger partial charge >= 0.3 is 11.9 Å². The van der Waals surface area contributed by atoms with Crippen LogP contribution in [0.1, 0.15) is 16.7 Å². The van der Waals surface area contributed by atoms with Crippen LogP contribution < -0.4 is 10.4 Å². The molecule has 0 spiro atoms. The van der Waals surface area contributed by atoms with E-state index >= 15 is 0 Å². The van der Waals surface area contributed by atoms with Crippen molar-refractivity contribution in [3.8, 4) is 22.1 Å². The Morgan fingerprint density at radius 2 is 1.87 bits per heavy atom. The van der Waals surface area contributed by atoms with Gasteiger partial charge in [0.05, 0.1) is 16.9 Å². The Morgan fingerprint density at radius 1 is 1.10 bits per heavy atom. The van der Waals surface area contributed by atoms with Crippen LogP contribution in [-0.2, 0) is 19.8 Å². The molecule has 0 aliphatic carbocycles. The summed E-state index contributed by atoms with van der Waals surface area (Å²) in [5.74, 6) is 0. The Kier molecular flexibility index (Phi) is 5.36. The molecule has 0 radical (unpaired) electrons. The molecule has 7 nitrogen and oxygen atoms in total. The van der Waals surface area contributed by atoms with Gasteiger partial charge in [-0.2, -0.15) is 22.5 Å². The van der Waals surface area contributed by atoms with E-state index in [1.807, 2.05) is 31.2 Å². The predicted molar refractivity (Wildman–Crippen MR) is 108 cm³/mol. The highest BCUT2D eigenvalue weighted by Gasteiger charge is 2.35. The molecule has 11 heteroatoms. The van der Waals surface area contributed by atoms with E-state index in [4.69, 9.17) is 4.74 Å². The highest BCUT2D eigenvalue weighted by atomic mass is 32.1. The molecule has 0 aliphatic heterocycles. The van der Waals surface area contributed by atoms with Crippen molar-refractivity contribution >= 4 is 11.3 Å². The minimum absolute atomic E-state index is 0.0522. The average molecular weight is 447 g/mol. The molecule has 4 rings (SSSR count). The Morgan fingerprint density at radius 3 is 2.55 bits per heavy atom. The van der Waals surface area contributed by atoms with E-state index < -0.39 is 24.0 Å². The fourth-order valence-corrected chi connectivity index (χ4v) is 3.77. The number of alkyl halides is 3. The van der Waals surface area contributed by atoms with Crippen molar-refractivity contribution in [3.63, 3.8) is 0 Å². The number of thiazole rings is 1. The normalized spacial score (nSPS) is 11.6. The van der Waals surface area contributed by atoms with Crippen molar-refractivity contribution in [2.75, 3.05) is 0 Å². The smallest absolute Gasteiger partial charge is 0.416 e. The van der Waals surface area contributed by atoms with Crippen LogP contribution in [0.4, 0.5) is 13.2 Å². The quantitative estimate of drug-likeness (QED) is 0.462. The van der Waals surface area contributed by atoms with Gasteiger partial charge in [0.15, 0.2) is 0 Å². The third-order valence-corrected chi connectivity index (χ3v) is 5.40. The van der Waals surface area contributed by atoms with Crippen LogP contribution in [0, 0.1) is 6.92 Å². The average Bonchev–Trinajstić information content (AvgIpc) is 3.33. The number of rotatable bonds is 5. The topological polar surface area (TPSA) is 74.8 Å². The summed E-state index contributed by atoms with van der Waals surface area (Å²) >= 11 is 1.18. The third-order valence-electron chi connectivity index (χ3n) is 4.65. The van der Waals surface area contributed by atoms with E-state index in [1.54, 1.807) is 5.38 Å². The van der Waals surface area contributed by atoms with Gasteiger partial charge in [0, 0.05) is 23.6 Å². The SMILES string of the molecule is Cc1ccccc1-c1csc(OCc2c(-n3nnn(C)c3=O)cccc2C(F)(F)F)n1. The lowest BCUT2D eigenvalue weighted by atomic mass is 10.1. The van der Waals surface area contributed by atoms with Crippen LogP contribution in [0.25, 0.3) is 16.9 Å². The summed E-state index contributed by atoms with van der Waals surface area (Å²) in [4.78, 5) is 16.6. The molecular formula is C20H16F3N5O2S. The van der Waals surface area contributed by atoms with E-state index in [0.29, 0.717) is 5.69 Å². The van der Waals surface area contributed by atoms with Gasteiger partial charge in [-0.25, -0.2) is 9.78 Å². The summed E-state index contributed by atoms with van der Waals surface area (Å²) in [5.41, 5.74) is 0.735. The van der Waals surface area contributed by atoms with Crippen molar-refractivity contribution in [2.45, 2.75) is 19.7 Å². The predicted octanol–water partition coefficient (Wildman–Crippen LogP) is 4.00. The molecule has 0 saturated heterocycles. The van der Waals surface area contributed by atoms with Crippen LogP contribution in [0.3, 0.4) is 0 Å². The number of aromatic nitrogens is 5. The Balaban J connectivity index is 1.69. The Bertz CT molecular complexity index is 1290. The second-order valence-corrected chi connectivity index (χ2v) is 7.52. The molecular weight excluding hydrogens is 431 g/mol. The Labute approximate surface area is 178 Å². The summed E-state index contributed by atoms with van der Waals surface area (Å²) < 4.78 is 48.3. The molecule has 31 heavy (non-hydrogen) atoms. The number of benzene rings is 2. The molecule has 0 saturated carbocycles. The van der Waals surface area contributed by atoms with E-state index in [9.17, 15) is 18.0 Å². The number of halogens is 3. The maximum atomic E-state index is 13.6. The van der Waals surface area contributed by atoms with Gasteiger partial charge in [0.1, 0.15) is 6.61 Å². The van der Waals surface area contributed by atoms with E-state index in [2.05, 4.69) is 15.4 Å². The molecule has 2 heterocycles. The van der Waals surface area contributed by atoms with Crippen molar-refractivity contribution < 1.29 is 17.9 Å². The lowest BCUT2D eigenvalue weighted by Gasteiger charge is -2.16. The molecule has 2 aromatic carbocycles. The molecule has 4 aromatic rings. The van der Waals surface area contributed by atoms with Gasteiger partial charge in [0.2, 0.25) is 0 Å². The van der Waals surface area contributed by atoms with Crippen molar-refractivity contribution in [1.82, 2.24) is 24.8 Å². The summed E-state index contributed by atoms with van der Waals surface area (Å²) in [7, 11) is 1.36. The van der Waals surface area contributed by atoms with Crippen molar-refractivity contribution in [2.24, 2.45) is 7.05 Å². The minimum atomic E-state index is -4.64. The summed E-state index contributed by atoms with van der Waals surface area (Å²) in [6.45, 7) is 1.49. The molecule has 0 aliphatic rings. The van der Waals surface area contributed by atoms with Crippen LogP contribution in [0.15, 0.2) is 52.6 Å². The number of ether oxygens (including phenoxy) is 1. The van der Waals surface area contributed by atoms with Crippen LogP contribution >= 0.6 is 11.3 Å². The molecule has 0 atom stereocenters. The van der Waals surface area contributed by atoms with Crippen LogP contribution in [-0.4, -0.2) is 24.8 Å². The van der Waals surface area contributed by atoms with Crippen LogP contribution in [0.2, 0.25) is 0 Å². The Hall–Kier alpha value is -3.47. The number of nitrogens with zero attached hydrogens (tertiary/aromatic N) is 5. The maximum Gasteiger partial charge on any atom is 0.416 e. The highest BCUT2D eigenvalue weighted by Crippen LogP contribution is 2.35. The summed E-state index contributed by atoms with van der Waals surface area (Å²) in [5, 5.41) is 9.23. The van der Waals surface area contributed by atoms with Crippen LogP contribution in [0.5, 0.6) is 5.19 Å². The summed E-state index contributed by atoms with van der Waals surface area (Å²) in [6, 6.07) is 11.2. The third kappa shape index (κ3) is 4.08. The van der Waals surface area contributed by atoms with Gasteiger partial charge in [-0.15, -0.1) is 0 Å². The highest BCUT2D eigenvalue weighted by molar-refractivity contribution is 7.11. The fourth-order valence-electron chi connectivity index (χ4n) is 3.10.